The molecule has 30 heavy (non-hydrogen) atoms. The van der Waals surface area contributed by atoms with Gasteiger partial charge in [-0.3, -0.25) is 14.0 Å². The second kappa shape index (κ2) is 9.36. The van der Waals surface area contributed by atoms with E-state index in [-0.39, 0.29) is 17.3 Å². The fraction of sp³-hybridized carbons (Fsp3) is 0.176. The van der Waals surface area contributed by atoms with E-state index in [0.717, 1.165) is 28.4 Å². The Bertz CT molecular complexity index is 1140. The highest BCUT2D eigenvalue weighted by Gasteiger charge is 2.19. The molecular weight excluding hydrogens is 452 g/mol. The van der Waals surface area contributed by atoms with Crippen molar-refractivity contribution in [3.8, 4) is 0 Å². The molecule has 7 N–H and O–H groups in total. The van der Waals surface area contributed by atoms with Crippen molar-refractivity contribution in [3.05, 3.63) is 55.8 Å². The summed E-state index contributed by atoms with van der Waals surface area (Å²) in [4.78, 5) is 32.7. The van der Waals surface area contributed by atoms with Crippen LogP contribution >= 0.6 is 34.5 Å². The van der Waals surface area contributed by atoms with Crippen molar-refractivity contribution in [1.82, 2.24) is 9.36 Å². The van der Waals surface area contributed by atoms with Crippen molar-refractivity contribution >= 4 is 62.0 Å². The maximum Gasteiger partial charge on any atom is 0.271 e. The van der Waals surface area contributed by atoms with Gasteiger partial charge in [-0.25, -0.2) is 9.98 Å². The molecule has 13 heteroatoms. The van der Waals surface area contributed by atoms with Crippen molar-refractivity contribution < 1.29 is 15.0 Å². The van der Waals surface area contributed by atoms with Crippen LogP contribution in [0.4, 0.5) is 15.8 Å². The van der Waals surface area contributed by atoms with E-state index >= 15 is 0 Å². The van der Waals surface area contributed by atoms with Gasteiger partial charge >= 0.3 is 0 Å². The maximum atomic E-state index is 12.5. The molecule has 0 aliphatic rings. The van der Waals surface area contributed by atoms with Gasteiger partial charge in [0.1, 0.15) is 21.3 Å². The van der Waals surface area contributed by atoms with E-state index in [1.807, 2.05) is 13.0 Å². The summed E-state index contributed by atoms with van der Waals surface area (Å²) in [6.07, 6.45) is -0.0584. The van der Waals surface area contributed by atoms with Crippen LogP contribution in [0, 0.1) is 6.92 Å². The zero-order valence-electron chi connectivity index (χ0n) is 15.5. The van der Waals surface area contributed by atoms with Crippen molar-refractivity contribution in [3.63, 3.8) is 0 Å². The molecule has 10 nitrogen and oxygen atoms in total. The third-order valence-corrected chi connectivity index (χ3v) is 5.84. The Hall–Kier alpha value is -2.77. The number of halogens is 1. The lowest BCUT2D eigenvalue weighted by atomic mass is 10.2. The number of para-hydroxylation sites is 1. The first-order valence-corrected chi connectivity index (χ1v) is 10.4. The highest BCUT2D eigenvalue weighted by atomic mass is 35.5. The van der Waals surface area contributed by atoms with Crippen LogP contribution in [0.15, 0.2) is 34.2 Å². The average Bonchev–Trinajstić information content (AvgIpc) is 3.31. The van der Waals surface area contributed by atoms with Crippen molar-refractivity contribution in [2.45, 2.75) is 13.2 Å². The number of aliphatic hydroxyl groups excluding tert-OH is 2. The first-order chi connectivity index (χ1) is 14.3. The molecule has 0 spiro atoms. The van der Waals surface area contributed by atoms with E-state index in [0.29, 0.717) is 25.7 Å². The minimum absolute atomic E-state index is 0.000365. The second-order valence-electron chi connectivity index (χ2n) is 5.96. The summed E-state index contributed by atoms with van der Waals surface area (Å²) in [6.45, 7) is 1.19. The van der Waals surface area contributed by atoms with Crippen molar-refractivity contribution in [1.29, 1.82) is 0 Å². The summed E-state index contributed by atoms with van der Waals surface area (Å²) in [5, 5.41) is 25.0. The standard InChI is InChI=1S/C17H17ClN6O4S2/c1-7-3-2-4-8(18)12(7)22-14(27)9-5-20-17(29-9)23-16-11(15(28)24-30-16)13(19)21-10(26)6-25/h2-5,10,25-26H,6H2,1H3,(H2,19,21)(H,20,23)(H,22,27)(H,24,28). The lowest BCUT2D eigenvalue weighted by Crippen LogP contribution is -2.25. The lowest BCUT2D eigenvalue weighted by Gasteiger charge is -2.08. The molecule has 1 unspecified atom stereocenters. The fourth-order valence-electron chi connectivity index (χ4n) is 2.39. The number of aromatic amines is 1. The molecule has 2 aromatic heterocycles. The van der Waals surface area contributed by atoms with Gasteiger partial charge < -0.3 is 26.6 Å². The van der Waals surface area contributed by atoms with Crippen LogP contribution < -0.4 is 21.9 Å². The first-order valence-electron chi connectivity index (χ1n) is 8.43. The summed E-state index contributed by atoms with van der Waals surface area (Å²) in [7, 11) is 0. The van der Waals surface area contributed by atoms with Gasteiger partial charge in [0, 0.05) is 0 Å². The average molecular weight is 469 g/mol. The van der Waals surface area contributed by atoms with Gasteiger partial charge in [0.05, 0.1) is 23.5 Å². The third-order valence-electron chi connectivity index (χ3n) is 3.82. The number of aliphatic imine (C=N–C) groups is 1. The number of hydrogen-bond donors (Lipinski definition) is 6. The molecule has 0 aliphatic carbocycles. The van der Waals surface area contributed by atoms with Gasteiger partial charge in [0.25, 0.3) is 11.5 Å². The Morgan fingerprint density at radius 3 is 2.93 bits per heavy atom. The Kier molecular flexibility index (Phi) is 6.84. The third kappa shape index (κ3) is 4.86. The molecule has 1 amide bonds. The molecule has 0 saturated carbocycles. The predicted molar refractivity (Wildman–Crippen MR) is 118 cm³/mol. The molecule has 158 valence electrons. The quantitative estimate of drug-likeness (QED) is 0.227. The number of anilines is 3. The number of aliphatic hydroxyl groups is 2. The number of nitrogens with two attached hydrogens (primary N) is 1. The molecule has 1 aromatic carbocycles. The Balaban J connectivity index is 1.79. The number of nitrogens with one attached hydrogen (secondary N) is 3. The van der Waals surface area contributed by atoms with Gasteiger partial charge in [-0.1, -0.05) is 35.1 Å². The molecule has 0 radical (unpaired) electrons. The largest absolute Gasteiger partial charge is 0.392 e. The number of hydrogen-bond acceptors (Lipinski definition) is 9. The topological polar surface area (TPSA) is 166 Å². The highest BCUT2D eigenvalue weighted by molar-refractivity contribution is 7.18. The number of carbonyl (C=O) groups excluding carboxylic acids is 1. The number of benzene rings is 1. The minimum Gasteiger partial charge on any atom is -0.392 e. The SMILES string of the molecule is Cc1cccc(Cl)c1NC(=O)c1cnc(Nc2s[nH]c(=O)c2/C(N)=N/C(O)CO)s1. The molecule has 0 fully saturated rings. The van der Waals surface area contributed by atoms with Crippen LogP contribution in [-0.4, -0.2) is 44.1 Å². The molecule has 3 rings (SSSR count). The fourth-order valence-corrected chi connectivity index (χ4v) is 4.18. The normalized spacial score (nSPS) is 12.6. The zero-order valence-corrected chi connectivity index (χ0v) is 17.9. The highest BCUT2D eigenvalue weighted by Crippen LogP contribution is 2.29. The van der Waals surface area contributed by atoms with Gasteiger partial charge in [-0.15, -0.1) is 0 Å². The second-order valence-corrected chi connectivity index (χ2v) is 8.21. The predicted octanol–water partition coefficient (Wildman–Crippen LogP) is 1.87. The van der Waals surface area contributed by atoms with Gasteiger partial charge in [-0.2, -0.15) is 0 Å². The molecule has 0 bridgehead atoms. The van der Waals surface area contributed by atoms with E-state index in [1.165, 1.54) is 6.20 Å². The Labute approximate surface area is 183 Å². The summed E-state index contributed by atoms with van der Waals surface area (Å²) < 4.78 is 2.51. The number of carbonyl (C=O) groups is 1. The number of amidine groups is 1. The smallest absolute Gasteiger partial charge is 0.271 e. The molecular formula is C17H17ClN6O4S2. The summed E-state index contributed by atoms with van der Waals surface area (Å²) >= 11 is 8.15. The zero-order chi connectivity index (χ0) is 21.8. The van der Waals surface area contributed by atoms with E-state index in [1.54, 1.807) is 12.1 Å². The van der Waals surface area contributed by atoms with Crippen molar-refractivity contribution in [2.24, 2.45) is 10.7 Å². The van der Waals surface area contributed by atoms with Gasteiger partial charge in [0.2, 0.25) is 0 Å². The Morgan fingerprint density at radius 1 is 1.47 bits per heavy atom. The van der Waals surface area contributed by atoms with E-state index in [2.05, 4.69) is 25.0 Å². The van der Waals surface area contributed by atoms with Gasteiger partial charge in [0.15, 0.2) is 11.4 Å². The first kappa shape index (κ1) is 21.9. The molecule has 2 heterocycles. The number of nitrogens with zero attached hydrogens (tertiary/aromatic N) is 2. The van der Waals surface area contributed by atoms with Crippen LogP contribution in [-0.2, 0) is 0 Å². The Morgan fingerprint density at radius 2 is 2.23 bits per heavy atom. The van der Waals surface area contributed by atoms with E-state index in [9.17, 15) is 14.7 Å². The number of aryl methyl sites for hydroxylation is 1. The summed E-state index contributed by atoms with van der Waals surface area (Å²) in [5.74, 6) is -0.628. The number of aromatic nitrogens is 2. The summed E-state index contributed by atoms with van der Waals surface area (Å²) in [5.41, 5.74) is 6.59. The number of rotatable bonds is 7. The number of amides is 1. The maximum absolute atomic E-state index is 12.5. The monoisotopic (exact) mass is 468 g/mol. The molecule has 0 saturated heterocycles. The number of H-pyrrole nitrogens is 1. The number of thiazole rings is 1. The molecule has 0 aliphatic heterocycles. The molecule has 1 atom stereocenters. The van der Waals surface area contributed by atoms with Crippen LogP contribution in [0.2, 0.25) is 5.02 Å². The van der Waals surface area contributed by atoms with Crippen LogP contribution in [0.5, 0.6) is 0 Å². The van der Waals surface area contributed by atoms with Crippen molar-refractivity contribution in [2.75, 3.05) is 17.2 Å². The van der Waals surface area contributed by atoms with Crippen LogP contribution in [0.3, 0.4) is 0 Å². The van der Waals surface area contributed by atoms with Gasteiger partial charge in [-0.05, 0) is 30.1 Å². The summed E-state index contributed by atoms with van der Waals surface area (Å²) in [6, 6.07) is 5.30. The lowest BCUT2D eigenvalue weighted by molar-refractivity contribution is 0.102. The molecule has 3 aromatic rings. The van der Waals surface area contributed by atoms with E-state index < -0.39 is 18.4 Å². The van der Waals surface area contributed by atoms with Crippen LogP contribution in [0.1, 0.15) is 20.8 Å². The van der Waals surface area contributed by atoms with Crippen LogP contribution in [0.25, 0.3) is 0 Å². The van der Waals surface area contributed by atoms with E-state index in [4.69, 9.17) is 22.4 Å². The minimum atomic E-state index is -1.44.